The van der Waals surface area contributed by atoms with Crippen LogP contribution in [-0.4, -0.2) is 51.5 Å². The molecule has 1 aliphatic rings. The summed E-state index contributed by atoms with van der Waals surface area (Å²) in [7, 11) is 2.76. The van der Waals surface area contributed by atoms with Gasteiger partial charge in [0.2, 0.25) is 0 Å². The van der Waals surface area contributed by atoms with Crippen molar-refractivity contribution in [3.8, 4) is 11.5 Å². The van der Waals surface area contributed by atoms with Crippen LogP contribution in [0.1, 0.15) is 17.2 Å². The third kappa shape index (κ3) is 5.05. The summed E-state index contributed by atoms with van der Waals surface area (Å²) in [5.41, 5.74) is 0.837. The molecule has 1 fully saturated rings. The molecular formula is C15H23Cl2F3N2O2. The molecule has 140 valence electrons. The lowest BCUT2D eigenvalue weighted by Gasteiger charge is -2.37. The first-order chi connectivity index (χ1) is 10.4. The summed E-state index contributed by atoms with van der Waals surface area (Å²) in [6, 6.07) is 1.48. The molecule has 1 aliphatic heterocycles. The largest absolute Gasteiger partial charge is 0.496 e. The van der Waals surface area contributed by atoms with Crippen molar-refractivity contribution in [3.05, 3.63) is 23.3 Å². The van der Waals surface area contributed by atoms with Crippen LogP contribution in [0.5, 0.6) is 11.5 Å². The van der Waals surface area contributed by atoms with Gasteiger partial charge in [0.25, 0.3) is 0 Å². The Morgan fingerprint density at radius 2 is 1.50 bits per heavy atom. The Labute approximate surface area is 152 Å². The summed E-state index contributed by atoms with van der Waals surface area (Å²) in [4.78, 5) is 1.42. The van der Waals surface area contributed by atoms with Crippen molar-refractivity contribution in [2.24, 2.45) is 0 Å². The van der Waals surface area contributed by atoms with Crippen molar-refractivity contribution in [2.45, 2.75) is 19.1 Å². The lowest BCUT2D eigenvalue weighted by Crippen LogP contribution is -2.49. The summed E-state index contributed by atoms with van der Waals surface area (Å²) in [6.45, 7) is 3.50. The molecule has 0 aliphatic carbocycles. The standard InChI is InChI=1S/C15H21F3N2O2.2ClH/c1-10-8-11(21-2)13(12(9-10)22-3)14(15(16,17)18)20-6-4-19-5-7-20;;/h8-9,14,19H,4-7H2,1-3H3;2*1H/t14-;;/m0../s1. The molecule has 0 spiro atoms. The molecule has 0 saturated carbocycles. The summed E-state index contributed by atoms with van der Waals surface area (Å²) < 4.78 is 51.7. The molecule has 1 N–H and O–H groups in total. The Balaban J connectivity index is 0.00000264. The third-order valence-corrected chi connectivity index (χ3v) is 3.79. The number of hydrogen-bond acceptors (Lipinski definition) is 4. The van der Waals surface area contributed by atoms with E-state index in [1.165, 1.54) is 19.1 Å². The molecule has 0 amide bonds. The normalized spacial score (nSPS) is 16.6. The minimum Gasteiger partial charge on any atom is -0.496 e. The van der Waals surface area contributed by atoms with Gasteiger partial charge in [-0.25, -0.2) is 0 Å². The highest BCUT2D eigenvalue weighted by Gasteiger charge is 2.47. The van der Waals surface area contributed by atoms with E-state index < -0.39 is 12.2 Å². The fourth-order valence-corrected chi connectivity index (χ4v) is 2.83. The highest BCUT2D eigenvalue weighted by atomic mass is 35.5. The van der Waals surface area contributed by atoms with E-state index in [1.807, 2.05) is 0 Å². The quantitative estimate of drug-likeness (QED) is 0.854. The fraction of sp³-hybridized carbons (Fsp3) is 0.600. The van der Waals surface area contributed by atoms with Crippen LogP contribution in [0.3, 0.4) is 0 Å². The monoisotopic (exact) mass is 390 g/mol. The van der Waals surface area contributed by atoms with Gasteiger partial charge in [-0.15, -0.1) is 24.8 Å². The maximum absolute atomic E-state index is 13.8. The summed E-state index contributed by atoms with van der Waals surface area (Å²) in [5, 5.41) is 3.07. The van der Waals surface area contributed by atoms with Crippen LogP contribution in [0, 0.1) is 6.92 Å². The molecule has 9 heteroatoms. The second-order valence-electron chi connectivity index (χ2n) is 5.31. The van der Waals surface area contributed by atoms with E-state index in [4.69, 9.17) is 9.47 Å². The van der Waals surface area contributed by atoms with E-state index in [0.29, 0.717) is 26.2 Å². The van der Waals surface area contributed by atoms with Gasteiger partial charge < -0.3 is 14.8 Å². The van der Waals surface area contributed by atoms with Gasteiger partial charge in [0.15, 0.2) is 0 Å². The van der Waals surface area contributed by atoms with Crippen LogP contribution in [0.4, 0.5) is 13.2 Å². The molecule has 0 aromatic heterocycles. The van der Waals surface area contributed by atoms with Crippen LogP contribution in [-0.2, 0) is 0 Å². The second kappa shape index (κ2) is 9.56. The molecule has 1 atom stereocenters. The molecule has 0 bridgehead atoms. The second-order valence-corrected chi connectivity index (χ2v) is 5.31. The molecule has 0 radical (unpaired) electrons. The zero-order valence-electron chi connectivity index (χ0n) is 13.8. The van der Waals surface area contributed by atoms with E-state index in [2.05, 4.69) is 5.32 Å². The molecule has 1 saturated heterocycles. The van der Waals surface area contributed by atoms with E-state index in [0.717, 1.165) is 5.56 Å². The predicted octanol–water partition coefficient (Wildman–Crippen LogP) is 3.36. The Kier molecular flexibility index (Phi) is 9.20. The Morgan fingerprint density at radius 1 is 1.04 bits per heavy atom. The van der Waals surface area contributed by atoms with Gasteiger partial charge >= 0.3 is 6.18 Å². The molecular weight excluding hydrogens is 368 g/mol. The molecule has 4 nitrogen and oxygen atoms in total. The highest BCUT2D eigenvalue weighted by Crippen LogP contribution is 2.46. The van der Waals surface area contributed by atoms with Crippen LogP contribution >= 0.6 is 24.8 Å². The number of nitrogens with one attached hydrogen (secondary N) is 1. The summed E-state index contributed by atoms with van der Waals surface area (Å²) >= 11 is 0. The molecule has 1 aromatic carbocycles. The number of aryl methyl sites for hydroxylation is 1. The lowest BCUT2D eigenvalue weighted by atomic mass is 9.99. The number of ether oxygens (including phenoxy) is 2. The van der Waals surface area contributed by atoms with Gasteiger partial charge in [-0.1, -0.05) is 0 Å². The maximum Gasteiger partial charge on any atom is 0.408 e. The van der Waals surface area contributed by atoms with E-state index >= 15 is 0 Å². The average molecular weight is 391 g/mol. The highest BCUT2D eigenvalue weighted by molar-refractivity contribution is 5.85. The van der Waals surface area contributed by atoms with Crippen molar-refractivity contribution in [3.63, 3.8) is 0 Å². The molecule has 1 heterocycles. The molecule has 24 heavy (non-hydrogen) atoms. The van der Waals surface area contributed by atoms with Gasteiger partial charge in [0.1, 0.15) is 17.5 Å². The first kappa shape index (κ1) is 23.1. The number of rotatable bonds is 4. The SMILES string of the molecule is COc1cc(C)cc(OC)c1[C@H](N1CCNCC1)C(F)(F)F.Cl.Cl. The van der Waals surface area contributed by atoms with Gasteiger partial charge in [0, 0.05) is 26.2 Å². The van der Waals surface area contributed by atoms with Crippen LogP contribution < -0.4 is 14.8 Å². The summed E-state index contributed by atoms with van der Waals surface area (Å²) in [5.74, 6) is 0.412. The van der Waals surface area contributed by atoms with Crippen LogP contribution in [0.2, 0.25) is 0 Å². The zero-order valence-corrected chi connectivity index (χ0v) is 15.4. The number of benzene rings is 1. The van der Waals surface area contributed by atoms with E-state index in [1.54, 1.807) is 19.1 Å². The van der Waals surface area contributed by atoms with Gasteiger partial charge in [-0.2, -0.15) is 13.2 Å². The van der Waals surface area contributed by atoms with E-state index in [-0.39, 0.29) is 41.9 Å². The Hall–Kier alpha value is -0.890. The zero-order chi connectivity index (χ0) is 16.3. The number of alkyl halides is 3. The number of piperazine rings is 1. The molecule has 1 aromatic rings. The maximum atomic E-state index is 13.8. The van der Waals surface area contributed by atoms with Crippen molar-refractivity contribution < 1.29 is 22.6 Å². The van der Waals surface area contributed by atoms with E-state index in [9.17, 15) is 13.2 Å². The molecule has 0 unspecified atom stereocenters. The Bertz CT molecular complexity index is 499. The first-order valence-corrected chi connectivity index (χ1v) is 7.12. The first-order valence-electron chi connectivity index (χ1n) is 7.12. The third-order valence-electron chi connectivity index (χ3n) is 3.79. The minimum absolute atomic E-state index is 0. The van der Waals surface area contributed by atoms with Crippen molar-refractivity contribution in [2.75, 3.05) is 40.4 Å². The number of hydrogen-bond donors (Lipinski definition) is 1. The number of nitrogens with zero attached hydrogens (tertiary/aromatic N) is 1. The van der Waals surface area contributed by atoms with Crippen LogP contribution in [0.25, 0.3) is 0 Å². The van der Waals surface area contributed by atoms with Crippen molar-refractivity contribution in [1.29, 1.82) is 0 Å². The van der Waals surface area contributed by atoms with Crippen molar-refractivity contribution >= 4 is 24.8 Å². The van der Waals surface area contributed by atoms with Gasteiger partial charge in [-0.3, -0.25) is 4.90 Å². The molecule has 2 rings (SSSR count). The lowest BCUT2D eigenvalue weighted by molar-refractivity contribution is -0.188. The number of methoxy groups -OCH3 is 2. The van der Waals surface area contributed by atoms with Crippen molar-refractivity contribution in [1.82, 2.24) is 10.2 Å². The Morgan fingerprint density at radius 3 is 1.88 bits per heavy atom. The predicted molar refractivity (Wildman–Crippen MR) is 92.0 cm³/mol. The van der Waals surface area contributed by atoms with Gasteiger partial charge in [-0.05, 0) is 24.6 Å². The number of halogens is 5. The van der Waals surface area contributed by atoms with Crippen LogP contribution in [0.15, 0.2) is 12.1 Å². The average Bonchev–Trinajstić information content (AvgIpc) is 2.48. The summed E-state index contributed by atoms with van der Waals surface area (Å²) in [6.07, 6.45) is -4.41. The van der Waals surface area contributed by atoms with Gasteiger partial charge in [0.05, 0.1) is 19.8 Å². The minimum atomic E-state index is -4.41. The smallest absolute Gasteiger partial charge is 0.408 e. The topological polar surface area (TPSA) is 33.7 Å². The fourth-order valence-electron chi connectivity index (χ4n) is 2.83.